The Morgan fingerprint density at radius 3 is 3.05 bits per heavy atom. The fourth-order valence-electron chi connectivity index (χ4n) is 3.07. The predicted molar refractivity (Wildman–Crippen MR) is 81.4 cm³/mol. The molecule has 1 aromatic carbocycles. The van der Waals surface area contributed by atoms with E-state index in [0.717, 1.165) is 25.2 Å². The fourth-order valence-corrected chi connectivity index (χ4v) is 3.07. The zero-order chi connectivity index (χ0) is 14.5. The highest BCUT2D eigenvalue weighted by Crippen LogP contribution is 2.21. The highest BCUT2D eigenvalue weighted by Gasteiger charge is 2.22. The Morgan fingerprint density at radius 2 is 2.24 bits per heavy atom. The van der Waals surface area contributed by atoms with Gasteiger partial charge in [0.2, 0.25) is 0 Å². The van der Waals surface area contributed by atoms with Crippen LogP contribution in [0.25, 0.3) is 0 Å². The predicted octanol–water partition coefficient (Wildman–Crippen LogP) is 2.81. The highest BCUT2D eigenvalue weighted by atomic mass is 15.3. The molecule has 108 valence electrons. The fraction of sp³-hybridized carbons (Fsp3) is 0.412. The van der Waals surface area contributed by atoms with Crippen molar-refractivity contribution in [2.24, 2.45) is 0 Å². The van der Waals surface area contributed by atoms with Crippen molar-refractivity contribution in [1.29, 1.82) is 5.26 Å². The monoisotopic (exact) mass is 280 g/mol. The van der Waals surface area contributed by atoms with Gasteiger partial charge in [0.25, 0.3) is 0 Å². The third kappa shape index (κ3) is 3.50. The third-order valence-electron chi connectivity index (χ3n) is 4.15. The van der Waals surface area contributed by atoms with E-state index in [0.29, 0.717) is 6.04 Å². The number of rotatable bonds is 4. The third-order valence-corrected chi connectivity index (χ3v) is 4.15. The number of aromatic nitrogens is 2. The van der Waals surface area contributed by atoms with Crippen molar-refractivity contribution in [1.82, 2.24) is 14.7 Å². The quantitative estimate of drug-likeness (QED) is 0.865. The average Bonchev–Trinajstić information content (AvgIpc) is 3.02. The molecule has 1 aliphatic heterocycles. The van der Waals surface area contributed by atoms with Crippen LogP contribution < -0.4 is 0 Å². The summed E-state index contributed by atoms with van der Waals surface area (Å²) in [6, 6.07) is 12.7. The zero-order valence-electron chi connectivity index (χ0n) is 12.2. The minimum Gasteiger partial charge on any atom is -0.294 e. The maximum absolute atomic E-state index is 9.02. The standard InChI is InChI=1S/C17H20N4/c18-12-15-5-3-6-16(11-15)13-20-9-2-1-7-17(20)14-21-10-4-8-19-21/h3-6,8,10-11,17H,1-2,7,9,13-14H2/t17-/m0/s1. The van der Waals surface area contributed by atoms with Gasteiger partial charge in [0.15, 0.2) is 0 Å². The molecule has 0 spiro atoms. The van der Waals surface area contributed by atoms with E-state index in [1.54, 1.807) is 0 Å². The van der Waals surface area contributed by atoms with Crippen LogP contribution in [0, 0.1) is 11.3 Å². The molecular formula is C17H20N4. The van der Waals surface area contributed by atoms with E-state index in [4.69, 9.17) is 5.26 Å². The van der Waals surface area contributed by atoms with Crippen LogP contribution in [0.15, 0.2) is 42.7 Å². The Morgan fingerprint density at radius 1 is 1.29 bits per heavy atom. The van der Waals surface area contributed by atoms with Crippen molar-refractivity contribution in [2.45, 2.75) is 38.4 Å². The maximum atomic E-state index is 9.02. The number of nitrogens with zero attached hydrogens (tertiary/aromatic N) is 4. The van der Waals surface area contributed by atoms with Crippen molar-refractivity contribution < 1.29 is 0 Å². The molecule has 0 aliphatic carbocycles. The molecule has 1 aliphatic rings. The lowest BCUT2D eigenvalue weighted by Gasteiger charge is -2.35. The van der Waals surface area contributed by atoms with Gasteiger partial charge in [-0.2, -0.15) is 10.4 Å². The minimum atomic E-state index is 0.532. The lowest BCUT2D eigenvalue weighted by atomic mass is 10.0. The summed E-state index contributed by atoms with van der Waals surface area (Å²) >= 11 is 0. The zero-order valence-corrected chi connectivity index (χ0v) is 12.2. The van der Waals surface area contributed by atoms with Gasteiger partial charge in [-0.3, -0.25) is 9.58 Å². The summed E-state index contributed by atoms with van der Waals surface area (Å²) in [5.41, 5.74) is 1.97. The number of nitriles is 1. The van der Waals surface area contributed by atoms with Crippen LogP contribution in [-0.2, 0) is 13.1 Å². The Balaban J connectivity index is 1.70. The van der Waals surface area contributed by atoms with Crippen LogP contribution >= 0.6 is 0 Å². The number of benzene rings is 1. The Bertz CT molecular complexity index is 612. The van der Waals surface area contributed by atoms with E-state index in [-0.39, 0.29) is 0 Å². The van der Waals surface area contributed by atoms with Crippen molar-refractivity contribution in [3.63, 3.8) is 0 Å². The summed E-state index contributed by atoms with van der Waals surface area (Å²) in [6.45, 7) is 3.00. The van der Waals surface area contributed by atoms with Gasteiger partial charge in [-0.1, -0.05) is 18.6 Å². The van der Waals surface area contributed by atoms with E-state index >= 15 is 0 Å². The summed E-state index contributed by atoms with van der Waals surface area (Å²) < 4.78 is 2.02. The van der Waals surface area contributed by atoms with E-state index < -0.39 is 0 Å². The lowest BCUT2D eigenvalue weighted by molar-refractivity contribution is 0.122. The molecule has 0 N–H and O–H groups in total. The Kier molecular flexibility index (Phi) is 4.32. The lowest BCUT2D eigenvalue weighted by Crippen LogP contribution is -2.41. The van der Waals surface area contributed by atoms with E-state index in [1.807, 2.05) is 41.3 Å². The first-order valence-corrected chi connectivity index (χ1v) is 7.55. The van der Waals surface area contributed by atoms with Gasteiger partial charge < -0.3 is 0 Å². The summed E-state index contributed by atoms with van der Waals surface area (Å²) in [7, 11) is 0. The van der Waals surface area contributed by atoms with Crippen molar-refractivity contribution >= 4 is 0 Å². The van der Waals surface area contributed by atoms with Crippen LogP contribution in [0.3, 0.4) is 0 Å². The first kappa shape index (κ1) is 13.8. The van der Waals surface area contributed by atoms with Gasteiger partial charge in [-0.15, -0.1) is 0 Å². The molecule has 0 unspecified atom stereocenters. The van der Waals surface area contributed by atoms with E-state index in [9.17, 15) is 0 Å². The molecule has 4 heteroatoms. The molecule has 0 amide bonds. The van der Waals surface area contributed by atoms with Crippen molar-refractivity contribution in [3.8, 4) is 6.07 Å². The summed E-state index contributed by atoms with van der Waals surface area (Å²) in [6.07, 6.45) is 7.64. The van der Waals surface area contributed by atoms with Crippen molar-refractivity contribution in [2.75, 3.05) is 6.54 Å². The smallest absolute Gasteiger partial charge is 0.0991 e. The van der Waals surface area contributed by atoms with Gasteiger partial charge in [0, 0.05) is 25.0 Å². The SMILES string of the molecule is N#Cc1cccc(CN2CCCC[C@H]2Cn2cccn2)c1. The first-order valence-electron chi connectivity index (χ1n) is 7.55. The number of hydrogen-bond acceptors (Lipinski definition) is 3. The molecular weight excluding hydrogens is 260 g/mol. The average molecular weight is 280 g/mol. The van der Waals surface area contributed by atoms with Gasteiger partial charge in [0.1, 0.15) is 0 Å². The molecule has 3 rings (SSSR count). The second-order valence-corrected chi connectivity index (χ2v) is 5.66. The van der Waals surface area contributed by atoms with Crippen LogP contribution in [-0.4, -0.2) is 27.3 Å². The Hall–Kier alpha value is -2.12. The number of hydrogen-bond donors (Lipinski definition) is 0. The molecule has 1 aromatic heterocycles. The van der Waals surface area contributed by atoms with Gasteiger partial charge in [-0.25, -0.2) is 0 Å². The second kappa shape index (κ2) is 6.55. The summed E-state index contributed by atoms with van der Waals surface area (Å²) in [5.74, 6) is 0. The molecule has 1 saturated heterocycles. The highest BCUT2D eigenvalue weighted by molar-refractivity contribution is 5.32. The van der Waals surface area contributed by atoms with Crippen LogP contribution in [0.5, 0.6) is 0 Å². The van der Waals surface area contributed by atoms with E-state index in [1.165, 1.54) is 24.8 Å². The normalized spacial score (nSPS) is 19.3. The maximum Gasteiger partial charge on any atom is 0.0991 e. The van der Waals surface area contributed by atoms with Gasteiger partial charge in [-0.05, 0) is 43.1 Å². The number of piperidine rings is 1. The molecule has 0 bridgehead atoms. The van der Waals surface area contributed by atoms with Gasteiger partial charge in [0.05, 0.1) is 18.2 Å². The summed E-state index contributed by atoms with van der Waals surface area (Å²) in [4.78, 5) is 2.53. The minimum absolute atomic E-state index is 0.532. The topological polar surface area (TPSA) is 44.9 Å². The van der Waals surface area contributed by atoms with Crippen LogP contribution in [0.4, 0.5) is 0 Å². The molecule has 21 heavy (non-hydrogen) atoms. The molecule has 0 saturated carbocycles. The van der Waals surface area contributed by atoms with E-state index in [2.05, 4.69) is 22.1 Å². The van der Waals surface area contributed by atoms with Gasteiger partial charge >= 0.3 is 0 Å². The molecule has 4 nitrogen and oxygen atoms in total. The molecule has 1 fully saturated rings. The molecule has 2 heterocycles. The molecule has 2 aromatic rings. The second-order valence-electron chi connectivity index (χ2n) is 5.66. The van der Waals surface area contributed by atoms with Crippen molar-refractivity contribution in [3.05, 3.63) is 53.9 Å². The van der Waals surface area contributed by atoms with Crippen LogP contribution in [0.1, 0.15) is 30.4 Å². The number of likely N-dealkylation sites (tertiary alicyclic amines) is 1. The first-order chi connectivity index (χ1) is 10.3. The molecule has 0 radical (unpaired) electrons. The van der Waals surface area contributed by atoms with Crippen LogP contribution in [0.2, 0.25) is 0 Å². The summed E-state index contributed by atoms with van der Waals surface area (Å²) in [5, 5.41) is 13.3. The largest absolute Gasteiger partial charge is 0.294 e. The molecule has 1 atom stereocenters. The Labute approximate surface area is 125 Å².